The van der Waals surface area contributed by atoms with E-state index in [9.17, 15) is 0 Å². The zero-order chi connectivity index (χ0) is 19.0. The number of fused-ring (bicyclic) bond motifs is 1. The average Bonchev–Trinajstić information content (AvgIpc) is 3.05. The summed E-state index contributed by atoms with van der Waals surface area (Å²) >= 11 is 5.99. The van der Waals surface area contributed by atoms with E-state index in [1.54, 1.807) is 7.11 Å². The Hall–Kier alpha value is -2.37. The van der Waals surface area contributed by atoms with Gasteiger partial charge < -0.3 is 9.30 Å². The number of ether oxygens (including phenoxy) is 1. The van der Waals surface area contributed by atoms with Crippen LogP contribution in [0.5, 0.6) is 5.75 Å². The molecule has 2 heterocycles. The first kappa shape index (κ1) is 18.0. The van der Waals surface area contributed by atoms with Crippen molar-refractivity contribution in [3.8, 4) is 17.1 Å². The molecule has 2 aromatic carbocycles. The third kappa shape index (κ3) is 3.45. The fourth-order valence-corrected chi connectivity index (χ4v) is 3.86. The predicted molar refractivity (Wildman–Crippen MR) is 107 cm³/mol. The van der Waals surface area contributed by atoms with Gasteiger partial charge in [0.05, 0.1) is 13.7 Å². The molecule has 0 aliphatic carbocycles. The molecule has 1 aliphatic rings. The van der Waals surface area contributed by atoms with Gasteiger partial charge in [-0.2, -0.15) is 0 Å². The maximum Gasteiger partial charge on any atom is 0.163 e. The van der Waals surface area contributed by atoms with Crippen molar-refractivity contribution in [2.75, 3.05) is 13.7 Å². The van der Waals surface area contributed by atoms with Crippen LogP contribution in [0.4, 0.5) is 0 Å². The summed E-state index contributed by atoms with van der Waals surface area (Å²) in [6.45, 7) is 4.01. The van der Waals surface area contributed by atoms with Crippen molar-refractivity contribution >= 4 is 11.6 Å². The van der Waals surface area contributed by atoms with Crippen LogP contribution in [0.3, 0.4) is 0 Å². The summed E-state index contributed by atoms with van der Waals surface area (Å²) in [5.41, 5.74) is 3.75. The van der Waals surface area contributed by atoms with Gasteiger partial charge in [-0.05, 0) is 60.9 Å². The van der Waals surface area contributed by atoms with Crippen molar-refractivity contribution in [3.05, 3.63) is 64.4 Å². The van der Waals surface area contributed by atoms with Crippen molar-refractivity contribution in [3.63, 3.8) is 0 Å². The van der Waals surface area contributed by atoms with Crippen LogP contribution < -0.4 is 4.74 Å². The standard InChI is InChI=1S/C21H23ClN4O/c1-14-19-9-8-18(27-3)12-16(19)10-11-26(14)13-20-23-24-21(25(20)2)15-4-6-17(22)7-5-15/h4-9,12,14H,10-11,13H2,1-3H3. The largest absolute Gasteiger partial charge is 0.497 e. The summed E-state index contributed by atoms with van der Waals surface area (Å²) in [7, 11) is 3.74. The van der Waals surface area contributed by atoms with E-state index < -0.39 is 0 Å². The van der Waals surface area contributed by atoms with E-state index in [1.165, 1.54) is 11.1 Å². The number of halogens is 1. The number of nitrogens with zero attached hydrogens (tertiary/aromatic N) is 4. The fourth-order valence-electron chi connectivity index (χ4n) is 3.73. The molecule has 1 unspecified atom stereocenters. The van der Waals surface area contributed by atoms with Crippen LogP contribution in [0.25, 0.3) is 11.4 Å². The third-order valence-electron chi connectivity index (χ3n) is 5.43. The lowest BCUT2D eigenvalue weighted by Crippen LogP contribution is -2.34. The van der Waals surface area contributed by atoms with Gasteiger partial charge in [-0.1, -0.05) is 17.7 Å². The van der Waals surface area contributed by atoms with Crippen molar-refractivity contribution in [2.45, 2.75) is 25.9 Å². The van der Waals surface area contributed by atoms with Gasteiger partial charge in [-0.3, -0.25) is 4.90 Å². The number of benzene rings is 2. The van der Waals surface area contributed by atoms with Crippen molar-refractivity contribution in [2.24, 2.45) is 7.05 Å². The highest BCUT2D eigenvalue weighted by Crippen LogP contribution is 2.32. The molecule has 0 N–H and O–H groups in total. The van der Waals surface area contributed by atoms with Crippen molar-refractivity contribution in [1.29, 1.82) is 0 Å². The highest BCUT2D eigenvalue weighted by atomic mass is 35.5. The number of aromatic nitrogens is 3. The quantitative estimate of drug-likeness (QED) is 0.676. The van der Waals surface area contributed by atoms with Gasteiger partial charge in [0.2, 0.25) is 0 Å². The van der Waals surface area contributed by atoms with Gasteiger partial charge >= 0.3 is 0 Å². The number of rotatable bonds is 4. The lowest BCUT2D eigenvalue weighted by molar-refractivity contribution is 0.183. The van der Waals surface area contributed by atoms with Gasteiger partial charge in [0.25, 0.3) is 0 Å². The summed E-state index contributed by atoms with van der Waals surface area (Å²) in [6.07, 6.45) is 1.01. The third-order valence-corrected chi connectivity index (χ3v) is 5.68. The van der Waals surface area contributed by atoms with Crippen LogP contribution in [-0.2, 0) is 20.0 Å². The normalized spacial score (nSPS) is 17.0. The smallest absolute Gasteiger partial charge is 0.163 e. The summed E-state index contributed by atoms with van der Waals surface area (Å²) in [5.74, 6) is 2.75. The molecule has 0 amide bonds. The summed E-state index contributed by atoms with van der Waals surface area (Å²) < 4.78 is 7.43. The second-order valence-electron chi connectivity index (χ2n) is 6.97. The maximum atomic E-state index is 5.99. The molecule has 0 saturated heterocycles. The molecule has 1 aliphatic heterocycles. The van der Waals surface area contributed by atoms with Gasteiger partial charge in [-0.15, -0.1) is 10.2 Å². The monoisotopic (exact) mass is 382 g/mol. The van der Waals surface area contributed by atoms with Crippen LogP contribution in [-0.4, -0.2) is 33.3 Å². The fraction of sp³-hybridized carbons (Fsp3) is 0.333. The topological polar surface area (TPSA) is 43.2 Å². The minimum absolute atomic E-state index is 0.329. The molecule has 1 aromatic heterocycles. The molecular weight excluding hydrogens is 360 g/mol. The van der Waals surface area contributed by atoms with E-state index in [1.807, 2.05) is 37.4 Å². The van der Waals surface area contributed by atoms with Crippen LogP contribution in [0.1, 0.15) is 29.9 Å². The molecule has 0 radical (unpaired) electrons. The number of methoxy groups -OCH3 is 1. The molecule has 0 spiro atoms. The van der Waals surface area contributed by atoms with Crippen molar-refractivity contribution < 1.29 is 4.74 Å². The number of hydrogen-bond donors (Lipinski definition) is 0. The van der Waals surface area contributed by atoms with E-state index in [0.29, 0.717) is 6.04 Å². The van der Waals surface area contributed by atoms with E-state index in [0.717, 1.165) is 47.5 Å². The van der Waals surface area contributed by atoms with Gasteiger partial charge in [0, 0.05) is 30.2 Å². The second kappa shape index (κ2) is 7.33. The molecule has 4 rings (SSSR count). The summed E-state index contributed by atoms with van der Waals surface area (Å²) in [6, 6.07) is 14.4. The zero-order valence-corrected chi connectivity index (χ0v) is 16.6. The minimum Gasteiger partial charge on any atom is -0.497 e. The first-order chi connectivity index (χ1) is 13.1. The Bertz CT molecular complexity index is 951. The number of hydrogen-bond acceptors (Lipinski definition) is 4. The first-order valence-electron chi connectivity index (χ1n) is 9.12. The van der Waals surface area contributed by atoms with E-state index >= 15 is 0 Å². The van der Waals surface area contributed by atoms with E-state index in [-0.39, 0.29) is 0 Å². The minimum atomic E-state index is 0.329. The van der Waals surface area contributed by atoms with Crippen LogP contribution in [0.15, 0.2) is 42.5 Å². The Morgan fingerprint density at radius 2 is 1.93 bits per heavy atom. The Kier molecular flexibility index (Phi) is 4.89. The molecule has 0 fully saturated rings. The highest BCUT2D eigenvalue weighted by Gasteiger charge is 2.25. The lowest BCUT2D eigenvalue weighted by atomic mass is 9.93. The first-order valence-corrected chi connectivity index (χ1v) is 9.49. The molecule has 0 bridgehead atoms. The Balaban J connectivity index is 1.55. The Morgan fingerprint density at radius 1 is 1.15 bits per heavy atom. The SMILES string of the molecule is COc1ccc2c(c1)CCN(Cc1nnc(-c3ccc(Cl)cc3)n1C)C2C. The maximum absolute atomic E-state index is 5.99. The van der Waals surface area contributed by atoms with Crippen LogP contribution in [0.2, 0.25) is 5.02 Å². The zero-order valence-electron chi connectivity index (χ0n) is 15.8. The molecule has 6 heteroatoms. The Labute approximate surface area is 164 Å². The van der Waals surface area contributed by atoms with Crippen molar-refractivity contribution in [1.82, 2.24) is 19.7 Å². The molecular formula is C21H23ClN4O. The highest BCUT2D eigenvalue weighted by molar-refractivity contribution is 6.30. The molecule has 140 valence electrons. The predicted octanol–water partition coefficient (Wildman–Crippen LogP) is 4.26. The summed E-state index contributed by atoms with van der Waals surface area (Å²) in [4.78, 5) is 2.45. The van der Waals surface area contributed by atoms with E-state index in [2.05, 4.69) is 38.7 Å². The molecule has 1 atom stereocenters. The van der Waals surface area contributed by atoms with Crippen LogP contribution >= 0.6 is 11.6 Å². The second-order valence-corrected chi connectivity index (χ2v) is 7.40. The lowest BCUT2D eigenvalue weighted by Gasteiger charge is -2.35. The molecule has 0 saturated carbocycles. The molecule has 3 aromatic rings. The van der Waals surface area contributed by atoms with Crippen LogP contribution in [0, 0.1) is 0 Å². The Morgan fingerprint density at radius 3 is 2.67 bits per heavy atom. The molecule has 5 nitrogen and oxygen atoms in total. The van der Waals surface area contributed by atoms with E-state index in [4.69, 9.17) is 16.3 Å². The summed E-state index contributed by atoms with van der Waals surface area (Å²) in [5, 5.41) is 9.57. The van der Waals surface area contributed by atoms with Gasteiger partial charge in [0.1, 0.15) is 11.6 Å². The van der Waals surface area contributed by atoms with Gasteiger partial charge in [0.15, 0.2) is 5.82 Å². The van der Waals surface area contributed by atoms with Gasteiger partial charge in [-0.25, -0.2) is 0 Å². The average molecular weight is 383 g/mol. The molecule has 27 heavy (non-hydrogen) atoms.